The van der Waals surface area contributed by atoms with Gasteiger partial charge in [0.2, 0.25) is 0 Å². The molecule has 2 aromatic carbocycles. The molecule has 3 aromatic heterocycles. The molecule has 0 fully saturated rings. The van der Waals surface area contributed by atoms with Crippen LogP contribution in [0.1, 0.15) is 5.69 Å². The maximum Gasteiger partial charge on any atom is 0.433 e. The van der Waals surface area contributed by atoms with Crippen molar-refractivity contribution in [1.82, 2.24) is 19.5 Å². The summed E-state index contributed by atoms with van der Waals surface area (Å²) in [7, 11) is 0. The summed E-state index contributed by atoms with van der Waals surface area (Å²) in [4.78, 5) is 26.0. The molecule has 0 bridgehead atoms. The lowest BCUT2D eigenvalue weighted by Crippen LogP contribution is -2.24. The Bertz CT molecular complexity index is 1600. The molecule has 2 N–H and O–H groups in total. The second-order valence-electron chi connectivity index (χ2n) is 7.23. The maximum atomic E-state index is 13.7. The number of pyridine rings is 2. The molecule has 0 radical (unpaired) electrons. The van der Waals surface area contributed by atoms with Gasteiger partial charge >= 0.3 is 6.18 Å². The van der Waals surface area contributed by atoms with E-state index >= 15 is 0 Å². The Kier molecular flexibility index (Phi) is 4.89. The lowest BCUT2D eigenvalue weighted by molar-refractivity contribution is -0.141. The van der Waals surface area contributed by atoms with Crippen LogP contribution in [-0.2, 0) is 6.18 Å². The monoisotopic (exact) mass is 511 g/mol. The van der Waals surface area contributed by atoms with Crippen LogP contribution in [0.15, 0.2) is 76.3 Å². The summed E-state index contributed by atoms with van der Waals surface area (Å²) >= 11 is 3.33. The molecule has 10 heteroatoms. The van der Waals surface area contributed by atoms with Crippen molar-refractivity contribution >= 4 is 43.7 Å². The topological polar surface area (TPSA) is 86.7 Å². The standard InChI is InChI=1S/C23H13BrF3N5O/c24-13-2-4-14(5-3-13)32-21-15(6-8-18(31-21)23(25,26)27)20(28)19(22(32)33)12-1-7-16-17(11-12)30-10-9-29-16/h1-11H,28H2. The zero-order valence-corrected chi connectivity index (χ0v) is 18.2. The molecule has 0 unspecified atom stereocenters. The van der Waals surface area contributed by atoms with Crippen LogP contribution in [-0.4, -0.2) is 19.5 Å². The van der Waals surface area contributed by atoms with Crippen LogP contribution in [0.3, 0.4) is 0 Å². The SMILES string of the molecule is Nc1c(-c2ccc3nccnc3c2)c(=O)n(-c2ccc(Br)cc2)c2nc(C(F)(F)F)ccc12. The summed E-state index contributed by atoms with van der Waals surface area (Å²) < 4.78 is 42.1. The van der Waals surface area contributed by atoms with E-state index in [9.17, 15) is 18.0 Å². The van der Waals surface area contributed by atoms with E-state index < -0.39 is 17.4 Å². The number of halogens is 4. The van der Waals surface area contributed by atoms with E-state index in [1.54, 1.807) is 48.7 Å². The van der Waals surface area contributed by atoms with Gasteiger partial charge in [-0.05, 0) is 54.1 Å². The highest BCUT2D eigenvalue weighted by Crippen LogP contribution is 2.34. The minimum Gasteiger partial charge on any atom is -0.397 e. The average molecular weight is 512 g/mol. The quantitative estimate of drug-likeness (QED) is 0.344. The minimum absolute atomic E-state index is 0.0350. The molecule has 5 rings (SSSR count). The van der Waals surface area contributed by atoms with E-state index in [1.165, 1.54) is 12.3 Å². The molecule has 164 valence electrons. The van der Waals surface area contributed by atoms with Crippen molar-refractivity contribution in [3.63, 3.8) is 0 Å². The van der Waals surface area contributed by atoms with Gasteiger partial charge in [-0.25, -0.2) is 4.98 Å². The van der Waals surface area contributed by atoms with Crippen LogP contribution in [0.25, 0.3) is 38.9 Å². The molecule has 0 aliphatic carbocycles. The number of alkyl halides is 3. The highest BCUT2D eigenvalue weighted by atomic mass is 79.9. The lowest BCUT2D eigenvalue weighted by Gasteiger charge is -2.17. The van der Waals surface area contributed by atoms with Gasteiger partial charge < -0.3 is 5.73 Å². The van der Waals surface area contributed by atoms with Crippen LogP contribution in [0.5, 0.6) is 0 Å². The second kappa shape index (κ2) is 7.66. The van der Waals surface area contributed by atoms with Gasteiger partial charge in [0, 0.05) is 22.3 Å². The Labute approximate surface area is 192 Å². The molecule has 0 amide bonds. The molecule has 6 nitrogen and oxygen atoms in total. The van der Waals surface area contributed by atoms with E-state index in [2.05, 4.69) is 30.9 Å². The summed E-state index contributed by atoms with van der Waals surface area (Å²) in [6.45, 7) is 0. The van der Waals surface area contributed by atoms with Crippen LogP contribution < -0.4 is 11.3 Å². The highest BCUT2D eigenvalue weighted by molar-refractivity contribution is 9.10. The third-order valence-electron chi connectivity index (χ3n) is 5.20. The number of nitrogens with two attached hydrogens (primary N) is 1. The molecule has 0 aliphatic rings. The molecule has 0 spiro atoms. The van der Waals surface area contributed by atoms with E-state index in [1.807, 2.05) is 0 Å². The summed E-state index contributed by atoms with van der Waals surface area (Å²) in [6.07, 6.45) is -1.60. The van der Waals surface area contributed by atoms with Crippen molar-refractivity contribution in [3.05, 3.63) is 87.5 Å². The fourth-order valence-electron chi connectivity index (χ4n) is 3.67. The first kappa shape index (κ1) is 21.1. The first-order valence-corrected chi connectivity index (χ1v) is 10.4. The fourth-order valence-corrected chi connectivity index (χ4v) is 3.94. The molecule has 0 saturated carbocycles. The van der Waals surface area contributed by atoms with Gasteiger partial charge in [-0.2, -0.15) is 13.2 Å². The number of fused-ring (bicyclic) bond motifs is 2. The Morgan fingerprint density at radius 3 is 2.30 bits per heavy atom. The fraction of sp³-hybridized carbons (Fsp3) is 0.0435. The van der Waals surface area contributed by atoms with E-state index in [0.29, 0.717) is 22.3 Å². The lowest BCUT2D eigenvalue weighted by atomic mass is 10.0. The number of nitrogens with zero attached hydrogens (tertiary/aromatic N) is 4. The van der Waals surface area contributed by atoms with Crippen molar-refractivity contribution in [2.45, 2.75) is 6.18 Å². The predicted molar refractivity (Wildman–Crippen MR) is 123 cm³/mol. The van der Waals surface area contributed by atoms with Crippen LogP contribution in [0, 0.1) is 0 Å². The number of benzene rings is 2. The van der Waals surface area contributed by atoms with Crippen LogP contribution in [0.2, 0.25) is 0 Å². The Morgan fingerprint density at radius 1 is 0.909 bits per heavy atom. The van der Waals surface area contributed by atoms with Crippen molar-refractivity contribution in [3.8, 4) is 16.8 Å². The second-order valence-corrected chi connectivity index (χ2v) is 8.15. The van der Waals surface area contributed by atoms with E-state index in [0.717, 1.165) is 15.1 Å². The first-order valence-electron chi connectivity index (χ1n) is 9.63. The molecule has 0 saturated heterocycles. The minimum atomic E-state index is -4.68. The molecule has 0 atom stereocenters. The van der Waals surface area contributed by atoms with Gasteiger partial charge in [-0.3, -0.25) is 19.3 Å². The van der Waals surface area contributed by atoms with Crippen LogP contribution >= 0.6 is 15.9 Å². The van der Waals surface area contributed by atoms with E-state index in [-0.39, 0.29) is 22.3 Å². The number of hydrogen-bond acceptors (Lipinski definition) is 5. The molecule has 5 aromatic rings. The zero-order valence-electron chi connectivity index (χ0n) is 16.6. The predicted octanol–water partition coefficient (Wildman–Crippen LogP) is 5.36. The Hall–Kier alpha value is -3.79. The summed E-state index contributed by atoms with van der Waals surface area (Å²) in [5.74, 6) is 0. The number of rotatable bonds is 2. The van der Waals surface area contributed by atoms with Crippen LogP contribution in [0.4, 0.5) is 18.9 Å². The number of anilines is 1. The molecular formula is C23H13BrF3N5O. The zero-order chi connectivity index (χ0) is 23.3. The van der Waals surface area contributed by atoms with E-state index in [4.69, 9.17) is 5.73 Å². The Morgan fingerprint density at radius 2 is 1.61 bits per heavy atom. The van der Waals surface area contributed by atoms with Gasteiger partial charge in [0.15, 0.2) is 0 Å². The summed E-state index contributed by atoms with van der Waals surface area (Å²) in [5.41, 5.74) is 6.62. The first-order chi connectivity index (χ1) is 15.7. The number of nitrogen functional groups attached to an aromatic ring is 1. The van der Waals surface area contributed by atoms with Crippen molar-refractivity contribution < 1.29 is 13.2 Å². The summed E-state index contributed by atoms with van der Waals surface area (Å²) in [5, 5.41) is 0.222. The number of aromatic nitrogens is 4. The largest absolute Gasteiger partial charge is 0.433 e. The van der Waals surface area contributed by atoms with Gasteiger partial charge in [0.1, 0.15) is 11.3 Å². The summed E-state index contributed by atoms with van der Waals surface area (Å²) in [6, 6.07) is 13.7. The molecule has 3 heterocycles. The van der Waals surface area contributed by atoms with Crippen molar-refractivity contribution in [2.24, 2.45) is 0 Å². The van der Waals surface area contributed by atoms with Crippen molar-refractivity contribution in [1.29, 1.82) is 0 Å². The highest BCUT2D eigenvalue weighted by Gasteiger charge is 2.33. The molecular weight excluding hydrogens is 499 g/mol. The Balaban J connectivity index is 1.89. The van der Waals surface area contributed by atoms with Crippen molar-refractivity contribution in [2.75, 3.05) is 5.73 Å². The molecule has 0 aliphatic heterocycles. The van der Waals surface area contributed by atoms with Gasteiger partial charge in [-0.1, -0.05) is 22.0 Å². The third-order valence-corrected chi connectivity index (χ3v) is 5.73. The third kappa shape index (κ3) is 3.62. The smallest absolute Gasteiger partial charge is 0.397 e. The number of hydrogen-bond donors (Lipinski definition) is 1. The normalized spacial score (nSPS) is 11.9. The average Bonchev–Trinajstić information content (AvgIpc) is 2.79. The van der Waals surface area contributed by atoms with Gasteiger partial charge in [0.25, 0.3) is 5.56 Å². The maximum absolute atomic E-state index is 13.7. The van der Waals surface area contributed by atoms with Gasteiger partial charge in [-0.15, -0.1) is 0 Å². The molecule has 33 heavy (non-hydrogen) atoms. The van der Waals surface area contributed by atoms with Gasteiger partial charge in [0.05, 0.1) is 28.0 Å².